The van der Waals surface area contributed by atoms with Gasteiger partial charge in [-0.25, -0.2) is 0 Å². The Balaban J connectivity index is 1.90. The molecule has 1 aromatic rings. The number of hydrogen-bond donors (Lipinski definition) is 1. The Bertz CT molecular complexity index is 496. The third kappa shape index (κ3) is 4.31. The first kappa shape index (κ1) is 16.0. The van der Waals surface area contributed by atoms with Crippen molar-refractivity contribution in [3.63, 3.8) is 0 Å². The Morgan fingerprint density at radius 3 is 2.52 bits per heavy atom. The van der Waals surface area contributed by atoms with E-state index in [2.05, 4.69) is 32.2 Å². The van der Waals surface area contributed by atoms with Crippen LogP contribution in [0.15, 0.2) is 24.3 Å². The molecule has 1 fully saturated rings. The molecule has 0 aliphatic heterocycles. The Labute approximate surface area is 128 Å². The molecule has 0 atom stereocenters. The lowest BCUT2D eigenvalue weighted by molar-refractivity contribution is -0.0482. The predicted octanol–water partition coefficient (Wildman–Crippen LogP) is 3.67. The van der Waals surface area contributed by atoms with Crippen molar-refractivity contribution >= 4 is 5.91 Å². The van der Waals surface area contributed by atoms with Crippen molar-refractivity contribution in [1.82, 2.24) is 5.32 Å². The summed E-state index contributed by atoms with van der Waals surface area (Å²) in [7, 11) is 0. The van der Waals surface area contributed by atoms with Crippen LogP contribution in [0.5, 0.6) is 0 Å². The van der Waals surface area contributed by atoms with Crippen LogP contribution in [0.1, 0.15) is 63.4 Å². The molecule has 0 spiro atoms. The molecule has 1 aliphatic rings. The van der Waals surface area contributed by atoms with Crippen LogP contribution in [0.3, 0.4) is 0 Å². The van der Waals surface area contributed by atoms with Crippen LogP contribution < -0.4 is 5.32 Å². The summed E-state index contributed by atoms with van der Waals surface area (Å²) in [6.45, 7) is 10.6. The fourth-order valence-corrected chi connectivity index (χ4v) is 2.58. The number of amides is 1. The molecule has 0 bridgehead atoms. The van der Waals surface area contributed by atoms with Gasteiger partial charge in [0.25, 0.3) is 5.91 Å². The van der Waals surface area contributed by atoms with Gasteiger partial charge < -0.3 is 10.1 Å². The topological polar surface area (TPSA) is 38.3 Å². The van der Waals surface area contributed by atoms with Gasteiger partial charge in [-0.3, -0.25) is 4.79 Å². The maximum atomic E-state index is 12.3. The van der Waals surface area contributed by atoms with Gasteiger partial charge in [0.2, 0.25) is 0 Å². The number of carbonyl (C=O) groups excluding carboxylic acids is 1. The standard InChI is InChI=1S/C18H27NO2/c1-12(2)21-16-10-15(11-16)19-17(20)13-7-6-8-14(9-13)18(3,4)5/h6-9,12,15-16H,10-11H2,1-5H3,(H,19,20). The number of rotatable bonds is 4. The molecule has 0 aromatic heterocycles. The fourth-order valence-electron chi connectivity index (χ4n) is 2.58. The highest BCUT2D eigenvalue weighted by atomic mass is 16.5. The monoisotopic (exact) mass is 289 g/mol. The molecule has 21 heavy (non-hydrogen) atoms. The van der Waals surface area contributed by atoms with Gasteiger partial charge >= 0.3 is 0 Å². The van der Waals surface area contributed by atoms with Gasteiger partial charge in [0.1, 0.15) is 0 Å². The van der Waals surface area contributed by atoms with E-state index < -0.39 is 0 Å². The summed E-state index contributed by atoms with van der Waals surface area (Å²) in [6.07, 6.45) is 2.40. The maximum Gasteiger partial charge on any atom is 0.251 e. The smallest absolute Gasteiger partial charge is 0.251 e. The van der Waals surface area contributed by atoms with Crippen LogP contribution in [-0.4, -0.2) is 24.2 Å². The van der Waals surface area contributed by atoms with E-state index >= 15 is 0 Å². The molecule has 116 valence electrons. The minimum absolute atomic E-state index is 0.0223. The molecule has 1 amide bonds. The Morgan fingerprint density at radius 1 is 1.29 bits per heavy atom. The van der Waals surface area contributed by atoms with Crippen molar-refractivity contribution in [2.45, 2.75) is 71.1 Å². The van der Waals surface area contributed by atoms with Gasteiger partial charge in [-0.2, -0.15) is 0 Å². The number of nitrogens with one attached hydrogen (secondary N) is 1. The number of ether oxygens (including phenoxy) is 1. The van der Waals surface area contributed by atoms with Crippen LogP contribution in [0.25, 0.3) is 0 Å². The number of benzene rings is 1. The summed E-state index contributed by atoms with van der Waals surface area (Å²) >= 11 is 0. The highest BCUT2D eigenvalue weighted by Gasteiger charge is 2.31. The zero-order chi connectivity index (χ0) is 15.6. The summed E-state index contributed by atoms with van der Waals surface area (Å²) in [4.78, 5) is 12.3. The second-order valence-corrected chi connectivity index (χ2v) is 7.28. The molecule has 1 aliphatic carbocycles. The summed E-state index contributed by atoms with van der Waals surface area (Å²) in [5.41, 5.74) is 1.99. The van der Waals surface area contributed by atoms with Gasteiger partial charge in [0.15, 0.2) is 0 Å². The number of carbonyl (C=O) groups is 1. The van der Waals surface area contributed by atoms with Crippen LogP contribution in [0.2, 0.25) is 0 Å². The van der Waals surface area contributed by atoms with Crippen LogP contribution >= 0.6 is 0 Å². The molecular weight excluding hydrogens is 262 g/mol. The summed E-state index contributed by atoms with van der Waals surface area (Å²) in [6, 6.07) is 8.16. The van der Waals surface area contributed by atoms with E-state index in [0.717, 1.165) is 18.4 Å². The van der Waals surface area contributed by atoms with Gasteiger partial charge in [0, 0.05) is 11.6 Å². The average molecular weight is 289 g/mol. The van der Waals surface area contributed by atoms with Crippen molar-refractivity contribution in [3.8, 4) is 0 Å². The Hall–Kier alpha value is -1.35. The van der Waals surface area contributed by atoms with E-state index in [1.165, 1.54) is 5.56 Å². The van der Waals surface area contributed by atoms with E-state index in [1.807, 2.05) is 32.0 Å². The molecule has 0 heterocycles. The SMILES string of the molecule is CC(C)OC1CC(NC(=O)c2cccc(C(C)(C)C)c2)C1. The second kappa shape index (κ2) is 6.18. The van der Waals surface area contributed by atoms with Gasteiger partial charge in [-0.1, -0.05) is 32.9 Å². The normalized spacial score (nSPS) is 22.0. The summed E-state index contributed by atoms with van der Waals surface area (Å²) < 4.78 is 5.72. The predicted molar refractivity (Wildman–Crippen MR) is 85.6 cm³/mol. The third-order valence-electron chi connectivity index (χ3n) is 3.89. The third-order valence-corrected chi connectivity index (χ3v) is 3.89. The van der Waals surface area contributed by atoms with Crippen LogP contribution in [0.4, 0.5) is 0 Å². The molecule has 1 aromatic carbocycles. The van der Waals surface area contributed by atoms with Crippen molar-refractivity contribution in [3.05, 3.63) is 35.4 Å². The van der Waals surface area contributed by atoms with Crippen LogP contribution in [-0.2, 0) is 10.2 Å². The first-order chi connectivity index (χ1) is 9.75. The first-order valence-corrected chi connectivity index (χ1v) is 7.82. The fraction of sp³-hybridized carbons (Fsp3) is 0.611. The molecular formula is C18H27NO2. The minimum Gasteiger partial charge on any atom is -0.375 e. The van der Waals surface area contributed by atoms with Crippen molar-refractivity contribution in [1.29, 1.82) is 0 Å². The average Bonchev–Trinajstić information content (AvgIpc) is 2.34. The van der Waals surface area contributed by atoms with Gasteiger partial charge in [-0.05, 0) is 49.8 Å². The summed E-state index contributed by atoms with van der Waals surface area (Å²) in [5.74, 6) is 0.0223. The molecule has 0 radical (unpaired) electrons. The Morgan fingerprint density at radius 2 is 1.95 bits per heavy atom. The van der Waals surface area contributed by atoms with Gasteiger partial charge in [0.05, 0.1) is 12.2 Å². The van der Waals surface area contributed by atoms with E-state index in [1.54, 1.807) is 0 Å². The van der Waals surface area contributed by atoms with E-state index in [0.29, 0.717) is 6.10 Å². The Kier molecular flexibility index (Phi) is 4.72. The quantitative estimate of drug-likeness (QED) is 0.918. The molecule has 0 saturated heterocycles. The van der Waals surface area contributed by atoms with Crippen LogP contribution in [0, 0.1) is 0 Å². The highest BCUT2D eigenvalue weighted by Crippen LogP contribution is 2.26. The minimum atomic E-state index is 0.0223. The maximum absolute atomic E-state index is 12.3. The lowest BCUT2D eigenvalue weighted by atomic mass is 9.86. The highest BCUT2D eigenvalue weighted by molar-refractivity contribution is 5.94. The molecule has 1 saturated carbocycles. The zero-order valence-electron chi connectivity index (χ0n) is 13.8. The molecule has 2 rings (SSSR count). The second-order valence-electron chi connectivity index (χ2n) is 7.28. The molecule has 3 nitrogen and oxygen atoms in total. The molecule has 0 unspecified atom stereocenters. The van der Waals surface area contributed by atoms with Crippen molar-refractivity contribution in [2.75, 3.05) is 0 Å². The first-order valence-electron chi connectivity index (χ1n) is 7.82. The summed E-state index contributed by atoms with van der Waals surface area (Å²) in [5, 5.41) is 3.10. The molecule has 1 N–H and O–H groups in total. The lowest BCUT2D eigenvalue weighted by Crippen LogP contribution is -2.48. The van der Waals surface area contributed by atoms with E-state index in [4.69, 9.17) is 4.74 Å². The van der Waals surface area contributed by atoms with Crippen molar-refractivity contribution in [2.24, 2.45) is 0 Å². The number of hydrogen-bond acceptors (Lipinski definition) is 2. The largest absolute Gasteiger partial charge is 0.375 e. The van der Waals surface area contributed by atoms with E-state index in [9.17, 15) is 4.79 Å². The molecule has 3 heteroatoms. The van der Waals surface area contributed by atoms with E-state index in [-0.39, 0.29) is 23.5 Å². The zero-order valence-corrected chi connectivity index (χ0v) is 13.8. The lowest BCUT2D eigenvalue weighted by Gasteiger charge is -2.36. The van der Waals surface area contributed by atoms with Crippen molar-refractivity contribution < 1.29 is 9.53 Å². The van der Waals surface area contributed by atoms with Gasteiger partial charge in [-0.15, -0.1) is 0 Å².